The monoisotopic (exact) mass is 430 g/mol. The molecule has 2 unspecified atom stereocenters. The number of amides is 2. The summed E-state index contributed by atoms with van der Waals surface area (Å²) in [4.78, 5) is 32.1. The van der Waals surface area contributed by atoms with Crippen LogP contribution < -0.4 is 10.1 Å². The average molecular weight is 430 g/mol. The molecule has 0 aliphatic carbocycles. The Labute approximate surface area is 180 Å². The summed E-state index contributed by atoms with van der Waals surface area (Å²) in [6.07, 6.45) is 3.44. The minimum atomic E-state index is -0.594. The number of ether oxygens (including phenoxy) is 2. The number of fused-ring (bicyclic) bond motifs is 1. The molecule has 2 aromatic rings. The quantitative estimate of drug-likeness (QED) is 0.788. The Hall–Kier alpha value is -2.94. The van der Waals surface area contributed by atoms with Crippen LogP contribution in [-0.4, -0.2) is 52.6 Å². The highest BCUT2D eigenvalue weighted by Gasteiger charge is 2.32. The molecule has 166 valence electrons. The van der Waals surface area contributed by atoms with Gasteiger partial charge in [-0.3, -0.25) is 9.59 Å². The zero-order valence-electron chi connectivity index (χ0n) is 18.0. The SMILES string of the molecule is COc1ncc(C(C)NC(=O)c2cc(C(=O)N3CCCC3C)n3c2COCC3)cc1F. The zero-order chi connectivity index (χ0) is 22.1. The van der Waals surface area contributed by atoms with E-state index < -0.39 is 11.9 Å². The van der Waals surface area contributed by atoms with Crippen molar-refractivity contribution in [2.24, 2.45) is 0 Å². The lowest BCUT2D eigenvalue weighted by Gasteiger charge is -2.24. The molecule has 1 N–H and O–H groups in total. The highest BCUT2D eigenvalue weighted by Crippen LogP contribution is 2.26. The van der Waals surface area contributed by atoms with E-state index in [0.29, 0.717) is 35.7 Å². The van der Waals surface area contributed by atoms with Crippen molar-refractivity contribution in [3.63, 3.8) is 0 Å². The number of carbonyl (C=O) groups excluding carboxylic acids is 2. The van der Waals surface area contributed by atoms with Crippen molar-refractivity contribution in [2.45, 2.75) is 51.9 Å². The van der Waals surface area contributed by atoms with Crippen LogP contribution in [0.3, 0.4) is 0 Å². The van der Waals surface area contributed by atoms with Crippen molar-refractivity contribution in [1.82, 2.24) is 19.8 Å². The van der Waals surface area contributed by atoms with Gasteiger partial charge in [0, 0.05) is 25.3 Å². The molecule has 2 aromatic heterocycles. The number of pyridine rings is 1. The van der Waals surface area contributed by atoms with Gasteiger partial charge in [0.15, 0.2) is 5.82 Å². The second-order valence-corrected chi connectivity index (χ2v) is 8.04. The highest BCUT2D eigenvalue weighted by molar-refractivity contribution is 6.01. The zero-order valence-corrected chi connectivity index (χ0v) is 18.0. The second kappa shape index (κ2) is 8.66. The maximum atomic E-state index is 14.0. The molecule has 0 spiro atoms. The fourth-order valence-electron chi connectivity index (χ4n) is 4.27. The summed E-state index contributed by atoms with van der Waals surface area (Å²) < 4.78 is 26.3. The molecule has 0 aromatic carbocycles. The number of hydrogen-bond donors (Lipinski definition) is 1. The first kappa shape index (κ1) is 21.3. The predicted octanol–water partition coefficient (Wildman–Crippen LogP) is 2.68. The van der Waals surface area contributed by atoms with Gasteiger partial charge in [0.25, 0.3) is 11.8 Å². The highest BCUT2D eigenvalue weighted by atomic mass is 19.1. The Morgan fingerprint density at radius 1 is 1.35 bits per heavy atom. The van der Waals surface area contributed by atoms with Crippen LogP contribution in [0.5, 0.6) is 5.88 Å². The van der Waals surface area contributed by atoms with Gasteiger partial charge < -0.3 is 24.3 Å². The van der Waals surface area contributed by atoms with Crippen LogP contribution in [0.25, 0.3) is 0 Å². The summed E-state index contributed by atoms with van der Waals surface area (Å²) in [5, 5.41) is 2.88. The summed E-state index contributed by atoms with van der Waals surface area (Å²) in [5.41, 5.74) is 2.12. The van der Waals surface area contributed by atoms with Crippen LogP contribution in [0.2, 0.25) is 0 Å². The second-order valence-electron chi connectivity index (χ2n) is 8.04. The van der Waals surface area contributed by atoms with Crippen LogP contribution >= 0.6 is 0 Å². The molecule has 0 radical (unpaired) electrons. The molecule has 1 fully saturated rings. The Bertz CT molecular complexity index is 1010. The van der Waals surface area contributed by atoms with Crippen molar-refractivity contribution in [1.29, 1.82) is 0 Å². The topological polar surface area (TPSA) is 85.7 Å². The fourth-order valence-corrected chi connectivity index (χ4v) is 4.27. The third-order valence-corrected chi connectivity index (χ3v) is 6.05. The van der Waals surface area contributed by atoms with E-state index in [2.05, 4.69) is 10.3 Å². The molecule has 0 bridgehead atoms. The van der Waals surface area contributed by atoms with Gasteiger partial charge in [-0.15, -0.1) is 0 Å². The lowest BCUT2D eigenvalue weighted by Crippen LogP contribution is -2.35. The summed E-state index contributed by atoms with van der Waals surface area (Å²) >= 11 is 0. The van der Waals surface area contributed by atoms with E-state index in [-0.39, 0.29) is 30.3 Å². The molecule has 9 heteroatoms. The number of halogens is 1. The number of nitrogens with zero attached hydrogens (tertiary/aromatic N) is 3. The van der Waals surface area contributed by atoms with Crippen molar-refractivity contribution < 1.29 is 23.5 Å². The first-order valence-corrected chi connectivity index (χ1v) is 10.5. The Morgan fingerprint density at radius 3 is 2.84 bits per heavy atom. The normalized spacial score (nSPS) is 19.1. The summed E-state index contributed by atoms with van der Waals surface area (Å²) in [7, 11) is 1.34. The molecule has 8 nitrogen and oxygen atoms in total. The molecule has 1 saturated heterocycles. The maximum Gasteiger partial charge on any atom is 0.270 e. The number of rotatable bonds is 5. The van der Waals surface area contributed by atoms with Crippen LogP contribution in [-0.2, 0) is 17.9 Å². The third-order valence-electron chi connectivity index (χ3n) is 6.05. The molecule has 2 aliphatic rings. The van der Waals surface area contributed by atoms with Gasteiger partial charge in [0.2, 0.25) is 5.88 Å². The molecule has 0 saturated carbocycles. The first-order valence-electron chi connectivity index (χ1n) is 10.5. The number of carbonyl (C=O) groups is 2. The Kier molecular flexibility index (Phi) is 5.95. The molecular weight excluding hydrogens is 403 g/mol. The van der Waals surface area contributed by atoms with Crippen LogP contribution in [0.1, 0.15) is 64.8 Å². The van der Waals surface area contributed by atoms with E-state index in [1.54, 1.807) is 13.0 Å². The molecule has 31 heavy (non-hydrogen) atoms. The molecule has 2 amide bonds. The van der Waals surface area contributed by atoms with Gasteiger partial charge in [-0.25, -0.2) is 9.37 Å². The van der Waals surface area contributed by atoms with E-state index in [4.69, 9.17) is 9.47 Å². The van der Waals surface area contributed by atoms with Gasteiger partial charge >= 0.3 is 0 Å². The number of aromatic nitrogens is 2. The van der Waals surface area contributed by atoms with Crippen molar-refractivity contribution in [3.05, 3.63) is 46.7 Å². The van der Waals surface area contributed by atoms with Crippen LogP contribution in [0, 0.1) is 5.82 Å². The molecular formula is C22H27FN4O4. The number of methoxy groups -OCH3 is 1. The van der Waals surface area contributed by atoms with Crippen LogP contribution in [0.4, 0.5) is 4.39 Å². The number of likely N-dealkylation sites (tertiary alicyclic amines) is 1. The number of hydrogen-bond acceptors (Lipinski definition) is 5. The minimum Gasteiger partial charge on any atom is -0.479 e. The smallest absolute Gasteiger partial charge is 0.270 e. The minimum absolute atomic E-state index is 0.0540. The standard InChI is InChI=1S/C22H27FN4O4/c1-13-5-4-6-26(13)22(29)18-10-16(19-12-31-8-7-27(18)19)20(28)25-14(2)15-9-17(23)21(30-3)24-11-15/h9-11,13-14H,4-8,12H2,1-3H3,(H,25,28). The van der Waals surface area contributed by atoms with Crippen molar-refractivity contribution in [3.8, 4) is 5.88 Å². The maximum absolute atomic E-state index is 14.0. The third kappa shape index (κ3) is 4.01. The Morgan fingerprint density at radius 2 is 2.16 bits per heavy atom. The molecule has 2 aliphatic heterocycles. The lowest BCUT2D eigenvalue weighted by molar-refractivity contribution is 0.0684. The molecule has 2 atom stereocenters. The van der Waals surface area contributed by atoms with E-state index >= 15 is 0 Å². The average Bonchev–Trinajstić information content (AvgIpc) is 3.37. The largest absolute Gasteiger partial charge is 0.479 e. The molecule has 4 rings (SSSR count). The summed E-state index contributed by atoms with van der Waals surface area (Å²) in [5.74, 6) is -1.09. The van der Waals surface area contributed by atoms with Gasteiger partial charge in [-0.1, -0.05) is 0 Å². The first-order chi connectivity index (χ1) is 14.9. The van der Waals surface area contributed by atoms with Gasteiger partial charge in [-0.2, -0.15) is 0 Å². The summed E-state index contributed by atoms with van der Waals surface area (Å²) in [6, 6.07) is 2.65. The van der Waals surface area contributed by atoms with Gasteiger partial charge in [0.1, 0.15) is 5.69 Å². The van der Waals surface area contributed by atoms with Crippen LogP contribution in [0.15, 0.2) is 18.3 Å². The predicted molar refractivity (Wildman–Crippen MR) is 110 cm³/mol. The lowest BCUT2D eigenvalue weighted by atomic mass is 10.1. The van der Waals surface area contributed by atoms with Crippen molar-refractivity contribution >= 4 is 11.8 Å². The fraction of sp³-hybridized carbons (Fsp3) is 0.500. The van der Waals surface area contributed by atoms with Gasteiger partial charge in [0.05, 0.1) is 37.6 Å². The van der Waals surface area contributed by atoms with E-state index in [9.17, 15) is 14.0 Å². The van der Waals surface area contributed by atoms with E-state index in [0.717, 1.165) is 19.4 Å². The van der Waals surface area contributed by atoms with Crippen molar-refractivity contribution in [2.75, 3.05) is 20.3 Å². The van der Waals surface area contributed by atoms with Gasteiger partial charge in [-0.05, 0) is 44.4 Å². The molecule has 4 heterocycles. The van der Waals surface area contributed by atoms with E-state index in [1.165, 1.54) is 19.4 Å². The summed E-state index contributed by atoms with van der Waals surface area (Å²) in [6.45, 7) is 5.80. The Balaban J connectivity index is 1.58. The van der Waals surface area contributed by atoms with E-state index in [1.807, 2.05) is 16.4 Å². The number of nitrogens with one attached hydrogen (secondary N) is 1.